The number of nitrogens with one attached hydrogen (secondary N) is 2. The molecule has 1 atom stereocenters. The van der Waals surface area contributed by atoms with Gasteiger partial charge in [0.15, 0.2) is 5.96 Å². The van der Waals surface area contributed by atoms with Gasteiger partial charge in [-0.05, 0) is 49.8 Å². The monoisotopic (exact) mass is 335 g/mol. The zero-order valence-corrected chi connectivity index (χ0v) is 15.6. The highest BCUT2D eigenvalue weighted by atomic mass is 16.5. The Bertz CT molecular complexity index is 460. The summed E-state index contributed by atoms with van der Waals surface area (Å²) in [4.78, 5) is 4.26. The van der Waals surface area contributed by atoms with Crippen molar-refractivity contribution in [1.82, 2.24) is 10.6 Å². The van der Waals surface area contributed by atoms with Crippen molar-refractivity contribution in [3.8, 4) is 5.75 Å². The van der Waals surface area contributed by atoms with Gasteiger partial charge >= 0.3 is 0 Å². The first-order chi connectivity index (χ1) is 11.7. The first-order valence-corrected chi connectivity index (χ1v) is 8.87. The van der Waals surface area contributed by atoms with Crippen LogP contribution in [0.4, 0.5) is 0 Å². The molecule has 0 aliphatic heterocycles. The van der Waals surface area contributed by atoms with Crippen LogP contribution in [0.2, 0.25) is 0 Å². The predicted octanol–water partition coefficient (Wildman–Crippen LogP) is 3.17. The van der Waals surface area contributed by atoms with Gasteiger partial charge in [-0.25, -0.2) is 0 Å². The molecule has 2 N–H and O–H groups in total. The minimum Gasteiger partial charge on any atom is -0.497 e. The first kappa shape index (κ1) is 20.3. The fraction of sp³-hybridized carbons (Fsp3) is 0.632. The van der Waals surface area contributed by atoms with Crippen LogP contribution in [-0.2, 0) is 4.74 Å². The largest absolute Gasteiger partial charge is 0.497 e. The Labute approximate surface area is 146 Å². The Morgan fingerprint density at radius 2 is 1.83 bits per heavy atom. The van der Waals surface area contributed by atoms with Crippen LogP contribution in [-0.4, -0.2) is 46.4 Å². The third-order valence-corrected chi connectivity index (χ3v) is 3.99. The van der Waals surface area contributed by atoms with E-state index in [1.54, 1.807) is 7.11 Å². The van der Waals surface area contributed by atoms with Crippen molar-refractivity contribution in [2.75, 3.05) is 40.5 Å². The number of nitrogens with zero attached hydrogens (tertiary/aromatic N) is 1. The molecular weight excluding hydrogens is 302 g/mol. The predicted molar refractivity (Wildman–Crippen MR) is 101 cm³/mol. The Hall–Kier alpha value is -1.75. The third-order valence-electron chi connectivity index (χ3n) is 3.99. The van der Waals surface area contributed by atoms with Crippen LogP contribution in [0.15, 0.2) is 29.3 Å². The Kier molecular flexibility index (Phi) is 10.7. The van der Waals surface area contributed by atoms with Gasteiger partial charge in [-0.15, -0.1) is 0 Å². The molecule has 0 heterocycles. The number of hydrogen-bond acceptors (Lipinski definition) is 3. The van der Waals surface area contributed by atoms with E-state index in [0.29, 0.717) is 5.92 Å². The van der Waals surface area contributed by atoms with Crippen LogP contribution in [0.3, 0.4) is 0 Å². The van der Waals surface area contributed by atoms with E-state index >= 15 is 0 Å². The number of methoxy groups -OCH3 is 1. The van der Waals surface area contributed by atoms with E-state index in [9.17, 15) is 0 Å². The molecule has 1 aromatic carbocycles. The lowest BCUT2D eigenvalue weighted by molar-refractivity contribution is 0.143. The van der Waals surface area contributed by atoms with Gasteiger partial charge in [0, 0.05) is 33.4 Å². The molecule has 5 nitrogen and oxygen atoms in total. The summed E-state index contributed by atoms with van der Waals surface area (Å²) in [6.45, 7) is 7.71. The van der Waals surface area contributed by atoms with Crippen LogP contribution in [0, 0.1) is 0 Å². The van der Waals surface area contributed by atoms with E-state index in [-0.39, 0.29) is 0 Å². The topological polar surface area (TPSA) is 54.9 Å². The smallest absolute Gasteiger partial charge is 0.190 e. The van der Waals surface area contributed by atoms with Gasteiger partial charge in [-0.1, -0.05) is 19.1 Å². The van der Waals surface area contributed by atoms with Crippen molar-refractivity contribution in [2.24, 2.45) is 4.99 Å². The number of benzene rings is 1. The summed E-state index contributed by atoms with van der Waals surface area (Å²) in [5, 5.41) is 6.72. The highest BCUT2D eigenvalue weighted by Crippen LogP contribution is 2.21. The highest BCUT2D eigenvalue weighted by molar-refractivity contribution is 5.79. The average molecular weight is 335 g/mol. The first-order valence-electron chi connectivity index (χ1n) is 8.87. The molecule has 0 bridgehead atoms. The molecule has 0 aromatic heterocycles. The number of guanidine groups is 1. The van der Waals surface area contributed by atoms with E-state index in [0.717, 1.165) is 57.3 Å². The molecular formula is C19H33N3O2. The van der Waals surface area contributed by atoms with Crippen molar-refractivity contribution in [3.63, 3.8) is 0 Å². The molecule has 0 amide bonds. The fourth-order valence-electron chi connectivity index (χ4n) is 2.41. The number of aliphatic imine (C=N–C) groups is 1. The van der Waals surface area contributed by atoms with Gasteiger partial charge in [0.25, 0.3) is 0 Å². The molecule has 136 valence electrons. The fourth-order valence-corrected chi connectivity index (χ4v) is 2.41. The SMILES string of the molecule is CCOCCCCNC(=NC)NCCC(C)c1ccc(OC)cc1. The Morgan fingerprint density at radius 1 is 1.12 bits per heavy atom. The minimum atomic E-state index is 0.493. The molecule has 1 aromatic rings. The Morgan fingerprint density at radius 3 is 2.46 bits per heavy atom. The van der Waals surface area contributed by atoms with E-state index in [1.165, 1.54) is 5.56 Å². The molecule has 0 aliphatic carbocycles. The minimum absolute atomic E-state index is 0.493. The zero-order valence-electron chi connectivity index (χ0n) is 15.6. The van der Waals surface area contributed by atoms with Crippen molar-refractivity contribution in [3.05, 3.63) is 29.8 Å². The van der Waals surface area contributed by atoms with Gasteiger partial charge in [-0.2, -0.15) is 0 Å². The molecule has 0 saturated heterocycles. The molecule has 1 rings (SSSR count). The summed E-state index contributed by atoms with van der Waals surface area (Å²) >= 11 is 0. The summed E-state index contributed by atoms with van der Waals surface area (Å²) < 4.78 is 10.5. The second-order valence-corrected chi connectivity index (χ2v) is 5.79. The lowest BCUT2D eigenvalue weighted by Crippen LogP contribution is -2.38. The quantitative estimate of drug-likeness (QED) is 0.370. The van der Waals surface area contributed by atoms with E-state index in [1.807, 2.05) is 26.1 Å². The molecule has 0 spiro atoms. The van der Waals surface area contributed by atoms with Crippen LogP contribution in [0.25, 0.3) is 0 Å². The average Bonchev–Trinajstić information content (AvgIpc) is 2.62. The summed E-state index contributed by atoms with van der Waals surface area (Å²) in [5.74, 6) is 2.26. The number of unbranched alkanes of at least 4 members (excludes halogenated alkanes) is 1. The van der Waals surface area contributed by atoms with Crippen LogP contribution in [0.1, 0.15) is 44.6 Å². The van der Waals surface area contributed by atoms with E-state index in [4.69, 9.17) is 9.47 Å². The molecule has 0 radical (unpaired) electrons. The van der Waals surface area contributed by atoms with Gasteiger partial charge in [-0.3, -0.25) is 4.99 Å². The number of hydrogen-bond donors (Lipinski definition) is 2. The van der Waals surface area contributed by atoms with E-state index in [2.05, 4.69) is 34.7 Å². The second-order valence-electron chi connectivity index (χ2n) is 5.79. The van der Waals surface area contributed by atoms with Crippen molar-refractivity contribution >= 4 is 5.96 Å². The number of ether oxygens (including phenoxy) is 2. The van der Waals surface area contributed by atoms with Crippen LogP contribution >= 0.6 is 0 Å². The lowest BCUT2D eigenvalue weighted by atomic mass is 9.98. The van der Waals surface area contributed by atoms with Crippen molar-refractivity contribution in [2.45, 2.75) is 39.0 Å². The maximum atomic E-state index is 5.33. The molecule has 0 fully saturated rings. The summed E-state index contributed by atoms with van der Waals surface area (Å²) in [7, 11) is 3.50. The molecule has 0 aliphatic rings. The maximum absolute atomic E-state index is 5.33. The lowest BCUT2D eigenvalue weighted by Gasteiger charge is -2.15. The molecule has 5 heteroatoms. The third kappa shape index (κ3) is 8.20. The normalized spacial score (nSPS) is 12.8. The van der Waals surface area contributed by atoms with Crippen LogP contribution < -0.4 is 15.4 Å². The summed E-state index contributed by atoms with van der Waals surface area (Å²) in [6.07, 6.45) is 3.21. The summed E-state index contributed by atoms with van der Waals surface area (Å²) in [6, 6.07) is 8.30. The van der Waals surface area contributed by atoms with Crippen molar-refractivity contribution in [1.29, 1.82) is 0 Å². The van der Waals surface area contributed by atoms with Crippen molar-refractivity contribution < 1.29 is 9.47 Å². The zero-order chi connectivity index (χ0) is 17.6. The molecule has 0 saturated carbocycles. The molecule has 1 unspecified atom stereocenters. The van der Waals surface area contributed by atoms with E-state index < -0.39 is 0 Å². The number of rotatable bonds is 11. The standard InChI is InChI=1S/C19H33N3O2/c1-5-24-15-7-6-13-21-19(20-3)22-14-12-16(2)17-8-10-18(23-4)11-9-17/h8-11,16H,5-7,12-15H2,1-4H3,(H2,20,21,22). The van der Waals surface area contributed by atoms with Crippen LogP contribution in [0.5, 0.6) is 5.75 Å². The van der Waals surface area contributed by atoms with Gasteiger partial charge < -0.3 is 20.1 Å². The molecule has 24 heavy (non-hydrogen) atoms. The second kappa shape index (κ2) is 12.6. The Balaban J connectivity index is 2.20. The van der Waals surface area contributed by atoms with Gasteiger partial charge in [0.05, 0.1) is 7.11 Å². The van der Waals surface area contributed by atoms with Gasteiger partial charge in [0.1, 0.15) is 5.75 Å². The maximum Gasteiger partial charge on any atom is 0.190 e. The highest BCUT2D eigenvalue weighted by Gasteiger charge is 2.06. The summed E-state index contributed by atoms with van der Waals surface area (Å²) in [5.41, 5.74) is 1.33. The van der Waals surface area contributed by atoms with Gasteiger partial charge in [0.2, 0.25) is 0 Å².